The van der Waals surface area contributed by atoms with Crippen molar-refractivity contribution >= 4 is 21.7 Å². The fraction of sp³-hybridized carbons (Fsp3) is 0.933. The van der Waals surface area contributed by atoms with Crippen molar-refractivity contribution < 1.29 is 4.79 Å². The van der Waals surface area contributed by atoms with E-state index in [1.54, 1.807) is 0 Å². The van der Waals surface area contributed by atoms with Gasteiger partial charge in [0.2, 0.25) is 0 Å². The van der Waals surface area contributed by atoms with Crippen LogP contribution >= 0.6 is 15.9 Å². The molecule has 0 bridgehead atoms. The van der Waals surface area contributed by atoms with Crippen LogP contribution in [0.4, 0.5) is 0 Å². The molecule has 0 atom stereocenters. The number of alkyl halides is 1. The van der Waals surface area contributed by atoms with Crippen LogP contribution in [0.2, 0.25) is 0 Å². The number of ketones is 1. The maximum Gasteiger partial charge on any atom is 0.149 e. The van der Waals surface area contributed by atoms with Crippen LogP contribution in [0.1, 0.15) is 51.9 Å². The summed E-state index contributed by atoms with van der Waals surface area (Å²) in [4.78, 5) is 15.3. The van der Waals surface area contributed by atoms with Gasteiger partial charge < -0.3 is 0 Å². The lowest BCUT2D eigenvalue weighted by molar-refractivity contribution is -0.125. The molecule has 0 N–H and O–H groups in total. The average Bonchev–Trinajstić information content (AvgIpc) is 2.40. The van der Waals surface area contributed by atoms with E-state index in [0.717, 1.165) is 31.8 Å². The first-order chi connectivity index (χ1) is 8.69. The smallest absolute Gasteiger partial charge is 0.149 e. The summed E-state index contributed by atoms with van der Waals surface area (Å²) >= 11 is 3.66. The van der Waals surface area contributed by atoms with E-state index >= 15 is 0 Å². The highest BCUT2D eigenvalue weighted by molar-refractivity contribution is 9.09. The Kier molecular flexibility index (Phi) is 5.68. The van der Waals surface area contributed by atoms with E-state index in [4.69, 9.17) is 0 Å². The summed E-state index contributed by atoms with van der Waals surface area (Å²) in [5, 5.41) is 0. The van der Waals surface area contributed by atoms with Crippen LogP contribution in [-0.2, 0) is 4.79 Å². The molecule has 0 amide bonds. The van der Waals surface area contributed by atoms with Crippen LogP contribution in [0.3, 0.4) is 0 Å². The monoisotopic (exact) mass is 315 g/mol. The molecule has 1 saturated heterocycles. The molecule has 3 heteroatoms. The number of hydrogen-bond acceptors (Lipinski definition) is 2. The van der Waals surface area contributed by atoms with Crippen LogP contribution in [0.25, 0.3) is 0 Å². The molecule has 2 nitrogen and oxygen atoms in total. The Hall–Kier alpha value is 0.110. The van der Waals surface area contributed by atoms with Crippen molar-refractivity contribution in [1.82, 2.24) is 4.90 Å². The predicted molar refractivity (Wildman–Crippen MR) is 79.1 cm³/mol. The Morgan fingerprint density at radius 3 is 2.28 bits per heavy atom. The third-order valence-electron chi connectivity index (χ3n) is 4.78. The van der Waals surface area contributed by atoms with Crippen molar-refractivity contribution in [3.05, 3.63) is 0 Å². The van der Waals surface area contributed by atoms with Crippen molar-refractivity contribution in [2.45, 2.75) is 56.7 Å². The van der Waals surface area contributed by atoms with Gasteiger partial charge in [-0.15, -0.1) is 0 Å². The second-order valence-electron chi connectivity index (χ2n) is 6.04. The third kappa shape index (κ3) is 4.06. The molecule has 0 radical (unpaired) electrons. The number of hydrogen-bond donors (Lipinski definition) is 0. The Bertz CT molecular complexity index is 266. The van der Waals surface area contributed by atoms with Gasteiger partial charge in [0.25, 0.3) is 0 Å². The van der Waals surface area contributed by atoms with Crippen molar-refractivity contribution in [3.8, 4) is 0 Å². The first kappa shape index (κ1) is 14.5. The molecular weight excluding hydrogens is 290 g/mol. The van der Waals surface area contributed by atoms with Crippen molar-refractivity contribution in [3.63, 3.8) is 0 Å². The number of likely N-dealkylation sites (tertiary alicyclic amines) is 1. The summed E-state index contributed by atoms with van der Waals surface area (Å²) < 4.78 is 0. The zero-order valence-corrected chi connectivity index (χ0v) is 13.1. The lowest BCUT2D eigenvalue weighted by Gasteiger charge is -2.32. The van der Waals surface area contributed by atoms with Gasteiger partial charge in [-0.25, -0.2) is 0 Å². The maximum atomic E-state index is 12.3. The lowest BCUT2D eigenvalue weighted by Crippen LogP contribution is -2.39. The van der Waals surface area contributed by atoms with Gasteiger partial charge in [0.05, 0.1) is 6.54 Å². The van der Waals surface area contributed by atoms with E-state index in [9.17, 15) is 4.79 Å². The first-order valence-corrected chi connectivity index (χ1v) is 8.49. The number of carbonyl (C=O) groups excluding carboxylic acids is 1. The van der Waals surface area contributed by atoms with Crippen LogP contribution in [0.5, 0.6) is 0 Å². The van der Waals surface area contributed by atoms with E-state index in [1.807, 2.05) is 0 Å². The SMILES string of the molecule is CCC1CCN(CC(=O)C2CCC(Br)CC2)CC1. The fourth-order valence-electron chi connectivity index (χ4n) is 3.28. The zero-order chi connectivity index (χ0) is 13.0. The van der Waals surface area contributed by atoms with Crippen LogP contribution < -0.4 is 0 Å². The Labute approximate surface area is 120 Å². The maximum absolute atomic E-state index is 12.3. The number of Topliss-reactive ketones (excluding diaryl/α,β-unsaturated/α-hetero) is 1. The Balaban J connectivity index is 1.71. The zero-order valence-electron chi connectivity index (χ0n) is 11.5. The third-order valence-corrected chi connectivity index (χ3v) is 5.69. The number of piperidine rings is 1. The topological polar surface area (TPSA) is 20.3 Å². The van der Waals surface area contributed by atoms with E-state index in [-0.39, 0.29) is 0 Å². The predicted octanol–water partition coefficient (Wildman–Crippen LogP) is 3.63. The van der Waals surface area contributed by atoms with Gasteiger partial charge in [-0.1, -0.05) is 29.3 Å². The molecule has 1 aliphatic heterocycles. The minimum Gasteiger partial charge on any atom is -0.298 e. The van der Waals surface area contributed by atoms with E-state index in [0.29, 0.717) is 23.1 Å². The number of halogens is 1. The Morgan fingerprint density at radius 2 is 1.72 bits per heavy atom. The molecule has 1 heterocycles. The summed E-state index contributed by atoms with van der Waals surface area (Å²) in [5.41, 5.74) is 0. The second-order valence-corrected chi connectivity index (χ2v) is 7.34. The number of carbonyl (C=O) groups is 1. The minimum atomic E-state index is 0.350. The highest BCUT2D eigenvalue weighted by Crippen LogP contribution is 2.29. The fourth-order valence-corrected chi connectivity index (χ4v) is 3.81. The number of rotatable bonds is 4. The van der Waals surface area contributed by atoms with Gasteiger partial charge in [0, 0.05) is 10.7 Å². The van der Waals surface area contributed by atoms with Crippen molar-refractivity contribution in [2.75, 3.05) is 19.6 Å². The molecular formula is C15H26BrNO. The van der Waals surface area contributed by atoms with Gasteiger partial charge in [-0.3, -0.25) is 9.69 Å². The molecule has 2 fully saturated rings. The standard InChI is InChI=1S/C15H26BrNO/c1-2-12-7-9-17(10-8-12)11-15(18)13-3-5-14(16)6-4-13/h12-14H,2-11H2,1H3. The minimum absolute atomic E-state index is 0.350. The molecule has 104 valence electrons. The summed E-state index contributed by atoms with van der Waals surface area (Å²) in [6, 6.07) is 0. The summed E-state index contributed by atoms with van der Waals surface area (Å²) in [5.74, 6) is 1.76. The average molecular weight is 316 g/mol. The Morgan fingerprint density at radius 1 is 1.11 bits per heavy atom. The summed E-state index contributed by atoms with van der Waals surface area (Å²) in [7, 11) is 0. The molecule has 0 aromatic carbocycles. The van der Waals surface area contributed by atoms with E-state index < -0.39 is 0 Å². The van der Waals surface area contributed by atoms with E-state index in [1.165, 1.54) is 32.1 Å². The molecule has 0 aromatic rings. The molecule has 1 saturated carbocycles. The van der Waals surface area contributed by atoms with Gasteiger partial charge in [-0.05, 0) is 57.5 Å². The summed E-state index contributed by atoms with van der Waals surface area (Å²) in [6.07, 6.45) is 8.43. The quantitative estimate of drug-likeness (QED) is 0.738. The van der Waals surface area contributed by atoms with Crippen LogP contribution in [-0.4, -0.2) is 35.1 Å². The van der Waals surface area contributed by atoms with Crippen LogP contribution in [0.15, 0.2) is 0 Å². The second kappa shape index (κ2) is 7.04. The highest BCUT2D eigenvalue weighted by Gasteiger charge is 2.27. The lowest BCUT2D eigenvalue weighted by atomic mass is 9.85. The van der Waals surface area contributed by atoms with Gasteiger partial charge in [-0.2, -0.15) is 0 Å². The molecule has 18 heavy (non-hydrogen) atoms. The molecule has 1 aliphatic carbocycles. The molecule has 2 aliphatic rings. The van der Waals surface area contributed by atoms with Crippen molar-refractivity contribution in [2.24, 2.45) is 11.8 Å². The molecule has 0 spiro atoms. The van der Waals surface area contributed by atoms with Gasteiger partial charge >= 0.3 is 0 Å². The first-order valence-electron chi connectivity index (χ1n) is 7.58. The van der Waals surface area contributed by atoms with Crippen LogP contribution in [0, 0.1) is 11.8 Å². The van der Waals surface area contributed by atoms with E-state index in [2.05, 4.69) is 27.8 Å². The van der Waals surface area contributed by atoms with Crippen molar-refractivity contribution in [1.29, 1.82) is 0 Å². The summed E-state index contributed by atoms with van der Waals surface area (Å²) in [6.45, 7) is 5.27. The van der Waals surface area contributed by atoms with Gasteiger partial charge in [0.1, 0.15) is 5.78 Å². The number of nitrogens with zero attached hydrogens (tertiary/aromatic N) is 1. The normalized spacial score (nSPS) is 31.4. The largest absolute Gasteiger partial charge is 0.298 e. The van der Waals surface area contributed by atoms with Gasteiger partial charge in [0.15, 0.2) is 0 Å². The molecule has 0 unspecified atom stereocenters. The molecule has 2 rings (SSSR count). The molecule has 0 aromatic heterocycles. The highest BCUT2D eigenvalue weighted by atomic mass is 79.9.